The van der Waals surface area contributed by atoms with Gasteiger partial charge in [-0.25, -0.2) is 0 Å². The van der Waals surface area contributed by atoms with E-state index in [4.69, 9.17) is 14.2 Å². The van der Waals surface area contributed by atoms with E-state index in [2.05, 4.69) is 41.2 Å². The van der Waals surface area contributed by atoms with E-state index in [-0.39, 0.29) is 0 Å². The molecule has 4 nitrogen and oxygen atoms in total. The first-order valence-corrected chi connectivity index (χ1v) is 8.29. The van der Waals surface area contributed by atoms with Gasteiger partial charge in [0.25, 0.3) is 0 Å². The number of hydrogen-bond acceptors (Lipinski definition) is 4. The monoisotopic (exact) mass is 359 g/mol. The molecule has 0 saturated heterocycles. The SMILES string of the molecule is CCCNCc1cc(Br)c(OCCOCCC)c(OC)c1. The molecule has 0 saturated carbocycles. The molecule has 0 amide bonds. The van der Waals surface area contributed by atoms with Gasteiger partial charge in [-0.05, 0) is 53.0 Å². The van der Waals surface area contributed by atoms with Crippen LogP contribution in [0.1, 0.15) is 32.3 Å². The minimum absolute atomic E-state index is 0.516. The van der Waals surface area contributed by atoms with Gasteiger partial charge in [0.1, 0.15) is 6.61 Å². The fraction of sp³-hybridized carbons (Fsp3) is 0.625. The number of hydrogen-bond donors (Lipinski definition) is 1. The number of methoxy groups -OCH3 is 1. The molecule has 0 atom stereocenters. The second-order valence-corrected chi connectivity index (χ2v) is 5.60. The lowest BCUT2D eigenvalue weighted by Crippen LogP contribution is -2.14. The van der Waals surface area contributed by atoms with E-state index in [1.54, 1.807) is 7.11 Å². The minimum Gasteiger partial charge on any atom is -0.493 e. The Labute approximate surface area is 136 Å². The zero-order valence-electron chi connectivity index (χ0n) is 13.2. The quantitative estimate of drug-likeness (QED) is 0.610. The summed E-state index contributed by atoms with van der Waals surface area (Å²) in [5.74, 6) is 1.48. The molecule has 0 aromatic heterocycles. The van der Waals surface area contributed by atoms with Crippen LogP contribution in [0, 0.1) is 0 Å². The predicted octanol–water partition coefficient (Wildman–Crippen LogP) is 3.76. The molecule has 0 radical (unpaired) electrons. The topological polar surface area (TPSA) is 39.7 Å². The second kappa shape index (κ2) is 10.9. The van der Waals surface area contributed by atoms with Crippen molar-refractivity contribution >= 4 is 15.9 Å². The zero-order chi connectivity index (χ0) is 15.5. The second-order valence-electron chi connectivity index (χ2n) is 4.75. The van der Waals surface area contributed by atoms with Crippen LogP contribution in [-0.4, -0.2) is 33.5 Å². The van der Waals surface area contributed by atoms with Crippen LogP contribution < -0.4 is 14.8 Å². The van der Waals surface area contributed by atoms with Crippen LogP contribution in [0.15, 0.2) is 16.6 Å². The van der Waals surface area contributed by atoms with E-state index < -0.39 is 0 Å². The van der Waals surface area contributed by atoms with Gasteiger partial charge in [-0.15, -0.1) is 0 Å². The van der Waals surface area contributed by atoms with Crippen LogP contribution in [0.5, 0.6) is 11.5 Å². The van der Waals surface area contributed by atoms with Gasteiger partial charge in [-0.1, -0.05) is 13.8 Å². The molecule has 120 valence electrons. The molecule has 1 rings (SSSR count). The predicted molar refractivity (Wildman–Crippen MR) is 89.3 cm³/mol. The Morgan fingerprint density at radius 3 is 2.57 bits per heavy atom. The number of nitrogens with one attached hydrogen (secondary N) is 1. The standard InChI is InChI=1S/C16H26BrNO3/c1-4-6-18-12-13-10-14(17)16(15(11-13)19-3)21-9-8-20-7-5-2/h10-11,18H,4-9,12H2,1-3H3. The third kappa shape index (κ3) is 6.68. The minimum atomic E-state index is 0.516. The summed E-state index contributed by atoms with van der Waals surface area (Å²) in [6.07, 6.45) is 2.14. The molecule has 1 aromatic carbocycles. The van der Waals surface area contributed by atoms with E-state index in [0.29, 0.717) is 13.2 Å². The van der Waals surface area contributed by atoms with E-state index in [0.717, 1.165) is 48.5 Å². The normalized spacial score (nSPS) is 10.7. The van der Waals surface area contributed by atoms with E-state index in [9.17, 15) is 0 Å². The smallest absolute Gasteiger partial charge is 0.175 e. The Morgan fingerprint density at radius 2 is 1.90 bits per heavy atom. The summed E-state index contributed by atoms with van der Waals surface area (Å²) in [6.45, 7) is 7.94. The van der Waals surface area contributed by atoms with Crippen molar-refractivity contribution in [1.82, 2.24) is 5.32 Å². The third-order valence-corrected chi connectivity index (χ3v) is 3.46. The van der Waals surface area contributed by atoms with E-state index in [1.165, 1.54) is 5.56 Å². The van der Waals surface area contributed by atoms with Crippen LogP contribution in [0.2, 0.25) is 0 Å². The number of halogens is 1. The first-order valence-electron chi connectivity index (χ1n) is 7.50. The van der Waals surface area contributed by atoms with Crippen molar-refractivity contribution in [1.29, 1.82) is 0 Å². The van der Waals surface area contributed by atoms with Crippen molar-refractivity contribution < 1.29 is 14.2 Å². The summed E-state index contributed by atoms with van der Waals surface area (Å²) < 4.78 is 17.5. The van der Waals surface area contributed by atoms with Crippen LogP contribution in [-0.2, 0) is 11.3 Å². The number of rotatable bonds is 11. The van der Waals surface area contributed by atoms with Gasteiger partial charge in [0, 0.05) is 13.2 Å². The van der Waals surface area contributed by atoms with Gasteiger partial charge in [0.2, 0.25) is 0 Å². The number of ether oxygens (including phenoxy) is 3. The summed E-state index contributed by atoms with van der Waals surface area (Å²) in [7, 11) is 1.66. The molecule has 0 fully saturated rings. The van der Waals surface area contributed by atoms with Gasteiger partial charge in [-0.2, -0.15) is 0 Å². The molecular weight excluding hydrogens is 334 g/mol. The van der Waals surface area contributed by atoms with Crippen molar-refractivity contribution in [2.75, 3.05) is 33.5 Å². The maximum absolute atomic E-state index is 5.77. The van der Waals surface area contributed by atoms with Crippen LogP contribution in [0.4, 0.5) is 0 Å². The highest BCUT2D eigenvalue weighted by molar-refractivity contribution is 9.10. The summed E-state index contributed by atoms with van der Waals surface area (Å²) in [6, 6.07) is 4.07. The molecule has 5 heteroatoms. The van der Waals surface area contributed by atoms with Crippen molar-refractivity contribution in [3.05, 3.63) is 22.2 Å². The van der Waals surface area contributed by atoms with Gasteiger partial charge >= 0.3 is 0 Å². The van der Waals surface area contributed by atoms with Crippen LogP contribution in [0.25, 0.3) is 0 Å². The Bertz CT molecular complexity index is 413. The highest BCUT2D eigenvalue weighted by atomic mass is 79.9. The highest BCUT2D eigenvalue weighted by Gasteiger charge is 2.11. The lowest BCUT2D eigenvalue weighted by molar-refractivity contribution is 0.0992. The molecule has 1 aromatic rings. The molecule has 0 aliphatic rings. The molecule has 21 heavy (non-hydrogen) atoms. The first-order chi connectivity index (χ1) is 10.2. The fourth-order valence-corrected chi connectivity index (χ4v) is 2.48. The molecule has 1 N–H and O–H groups in total. The third-order valence-electron chi connectivity index (χ3n) is 2.87. The first kappa shape index (κ1) is 18.3. The molecule has 0 bridgehead atoms. The lowest BCUT2D eigenvalue weighted by atomic mass is 10.2. The average Bonchev–Trinajstić information content (AvgIpc) is 2.48. The van der Waals surface area contributed by atoms with Gasteiger partial charge in [0.05, 0.1) is 18.2 Å². The van der Waals surface area contributed by atoms with Crippen molar-refractivity contribution in [2.45, 2.75) is 33.2 Å². The van der Waals surface area contributed by atoms with Crippen molar-refractivity contribution in [2.24, 2.45) is 0 Å². The Balaban J connectivity index is 2.61. The molecule has 0 unspecified atom stereocenters. The highest BCUT2D eigenvalue weighted by Crippen LogP contribution is 2.36. The molecular formula is C16H26BrNO3. The van der Waals surface area contributed by atoms with Crippen LogP contribution in [0.3, 0.4) is 0 Å². The molecule has 0 aliphatic carbocycles. The summed E-state index contributed by atoms with van der Waals surface area (Å²) in [5.41, 5.74) is 1.17. The molecule has 0 heterocycles. The molecule has 0 spiro atoms. The van der Waals surface area contributed by atoms with Crippen LogP contribution >= 0.6 is 15.9 Å². The summed E-state index contributed by atoms with van der Waals surface area (Å²) in [4.78, 5) is 0. The zero-order valence-corrected chi connectivity index (χ0v) is 14.8. The number of benzene rings is 1. The summed E-state index contributed by atoms with van der Waals surface area (Å²) >= 11 is 3.56. The summed E-state index contributed by atoms with van der Waals surface area (Å²) in [5, 5.41) is 3.38. The average molecular weight is 360 g/mol. The Morgan fingerprint density at radius 1 is 1.10 bits per heavy atom. The maximum Gasteiger partial charge on any atom is 0.175 e. The Hall–Kier alpha value is -0.780. The van der Waals surface area contributed by atoms with E-state index >= 15 is 0 Å². The largest absolute Gasteiger partial charge is 0.493 e. The van der Waals surface area contributed by atoms with Gasteiger partial charge in [0.15, 0.2) is 11.5 Å². The van der Waals surface area contributed by atoms with Crippen molar-refractivity contribution in [3.63, 3.8) is 0 Å². The fourth-order valence-electron chi connectivity index (χ4n) is 1.87. The van der Waals surface area contributed by atoms with Gasteiger partial charge in [-0.3, -0.25) is 0 Å². The lowest BCUT2D eigenvalue weighted by Gasteiger charge is -2.15. The maximum atomic E-state index is 5.77. The molecule has 0 aliphatic heterocycles. The van der Waals surface area contributed by atoms with Crippen molar-refractivity contribution in [3.8, 4) is 11.5 Å². The van der Waals surface area contributed by atoms with E-state index in [1.807, 2.05) is 6.07 Å². The Kier molecular flexibility index (Phi) is 9.46. The van der Waals surface area contributed by atoms with Gasteiger partial charge < -0.3 is 19.5 Å².